The summed E-state index contributed by atoms with van der Waals surface area (Å²) in [6.07, 6.45) is 5.12. The molecule has 0 saturated carbocycles. The van der Waals surface area contributed by atoms with Gasteiger partial charge in [-0.2, -0.15) is 0 Å². The summed E-state index contributed by atoms with van der Waals surface area (Å²) in [5.74, 6) is -0.229. The van der Waals surface area contributed by atoms with Crippen LogP contribution in [-0.4, -0.2) is 49.1 Å². The minimum Gasteiger partial charge on any atom is -0.469 e. The highest BCUT2D eigenvalue weighted by Gasteiger charge is 2.31. The van der Waals surface area contributed by atoms with Gasteiger partial charge < -0.3 is 10.1 Å². The Morgan fingerprint density at radius 1 is 1.53 bits per heavy atom. The summed E-state index contributed by atoms with van der Waals surface area (Å²) in [4.78, 5) is 25.5. The van der Waals surface area contributed by atoms with E-state index in [1.165, 1.54) is 7.11 Å². The molecule has 1 amide bonds. The number of carbonyl (C=O) groups excluding carboxylic acids is 2. The van der Waals surface area contributed by atoms with E-state index >= 15 is 0 Å². The molecule has 1 aliphatic heterocycles. The van der Waals surface area contributed by atoms with E-state index in [0.29, 0.717) is 13.0 Å². The van der Waals surface area contributed by atoms with Crippen LogP contribution in [0.5, 0.6) is 0 Å². The van der Waals surface area contributed by atoms with Gasteiger partial charge in [0.05, 0.1) is 19.6 Å². The zero-order valence-electron chi connectivity index (χ0n) is 11.9. The van der Waals surface area contributed by atoms with Crippen molar-refractivity contribution < 1.29 is 14.3 Å². The third kappa shape index (κ3) is 4.67. The molecule has 1 rings (SSSR count). The van der Waals surface area contributed by atoms with Gasteiger partial charge in [0.15, 0.2) is 0 Å². The number of hydrogen-bond acceptors (Lipinski definition) is 4. The Bertz CT molecular complexity index is 331. The quantitative estimate of drug-likeness (QED) is 0.579. The van der Waals surface area contributed by atoms with E-state index in [-0.39, 0.29) is 24.0 Å². The number of nitrogens with zero attached hydrogens (tertiary/aromatic N) is 1. The Morgan fingerprint density at radius 2 is 2.26 bits per heavy atom. The van der Waals surface area contributed by atoms with Gasteiger partial charge in [0.1, 0.15) is 0 Å². The molecule has 0 spiro atoms. The summed E-state index contributed by atoms with van der Waals surface area (Å²) in [5.41, 5.74) is 0. The first-order valence-electron chi connectivity index (χ1n) is 6.81. The lowest BCUT2D eigenvalue weighted by Gasteiger charge is -2.38. The smallest absolute Gasteiger partial charge is 0.307 e. The summed E-state index contributed by atoms with van der Waals surface area (Å²) in [5, 5.41) is 2.80. The van der Waals surface area contributed by atoms with Crippen molar-refractivity contribution in [3.63, 3.8) is 0 Å². The van der Waals surface area contributed by atoms with Gasteiger partial charge in [-0.3, -0.25) is 14.5 Å². The third-order valence-corrected chi connectivity index (χ3v) is 3.60. The molecule has 0 aromatic rings. The van der Waals surface area contributed by atoms with Gasteiger partial charge in [-0.15, -0.1) is 6.58 Å². The normalized spacial score (nSPS) is 21.5. The fraction of sp³-hybridized carbons (Fsp3) is 0.714. The summed E-state index contributed by atoms with van der Waals surface area (Å²) >= 11 is 0. The molecule has 1 fully saturated rings. The van der Waals surface area contributed by atoms with E-state index in [9.17, 15) is 9.59 Å². The third-order valence-electron chi connectivity index (χ3n) is 3.60. The molecule has 1 aliphatic rings. The van der Waals surface area contributed by atoms with Gasteiger partial charge >= 0.3 is 5.97 Å². The second-order valence-electron chi connectivity index (χ2n) is 4.88. The van der Waals surface area contributed by atoms with Crippen LogP contribution < -0.4 is 5.32 Å². The van der Waals surface area contributed by atoms with Gasteiger partial charge in [0, 0.05) is 12.6 Å². The number of methoxy groups -OCH3 is 1. The molecule has 0 aromatic heterocycles. The Hall–Kier alpha value is -1.36. The lowest BCUT2D eigenvalue weighted by atomic mass is 9.97. The molecule has 0 aromatic carbocycles. The van der Waals surface area contributed by atoms with Crippen molar-refractivity contribution in [2.75, 3.05) is 20.2 Å². The number of hydrogen-bond donors (Lipinski definition) is 1. The molecule has 1 saturated heterocycles. The molecule has 2 atom stereocenters. The number of ether oxygens (including phenoxy) is 1. The molecule has 5 heteroatoms. The van der Waals surface area contributed by atoms with Crippen molar-refractivity contribution >= 4 is 11.9 Å². The number of rotatable bonds is 6. The van der Waals surface area contributed by atoms with Crippen LogP contribution in [0, 0.1) is 0 Å². The first-order valence-corrected chi connectivity index (χ1v) is 6.81. The van der Waals surface area contributed by atoms with E-state index < -0.39 is 0 Å². The molecule has 0 aliphatic carbocycles. The Labute approximate surface area is 115 Å². The predicted octanol–water partition coefficient (Wildman–Crippen LogP) is 1.09. The molecule has 0 bridgehead atoms. The van der Waals surface area contributed by atoms with E-state index in [4.69, 9.17) is 4.74 Å². The monoisotopic (exact) mass is 268 g/mol. The number of carbonyl (C=O) groups is 2. The molecule has 0 radical (unpaired) electrons. The van der Waals surface area contributed by atoms with Crippen LogP contribution >= 0.6 is 0 Å². The molecular formula is C14H24N2O3. The molecule has 1 heterocycles. The van der Waals surface area contributed by atoms with Gasteiger partial charge in [0.2, 0.25) is 5.91 Å². The average molecular weight is 268 g/mol. The van der Waals surface area contributed by atoms with E-state index in [1.807, 2.05) is 6.92 Å². The molecule has 108 valence electrons. The van der Waals surface area contributed by atoms with Crippen LogP contribution in [0.3, 0.4) is 0 Å². The fourth-order valence-electron chi connectivity index (χ4n) is 2.50. The maximum Gasteiger partial charge on any atom is 0.307 e. The molecule has 5 nitrogen and oxygen atoms in total. The molecule has 2 unspecified atom stereocenters. The van der Waals surface area contributed by atoms with Crippen molar-refractivity contribution in [2.24, 2.45) is 0 Å². The number of likely N-dealkylation sites (tertiary alicyclic amines) is 1. The number of esters is 1. The van der Waals surface area contributed by atoms with Gasteiger partial charge in [-0.25, -0.2) is 0 Å². The van der Waals surface area contributed by atoms with E-state index in [1.54, 1.807) is 6.08 Å². The van der Waals surface area contributed by atoms with Gasteiger partial charge in [-0.05, 0) is 26.3 Å². The minimum absolute atomic E-state index is 0.0170. The zero-order valence-corrected chi connectivity index (χ0v) is 11.9. The van der Waals surface area contributed by atoms with Crippen LogP contribution in [0.4, 0.5) is 0 Å². The number of piperidine rings is 1. The summed E-state index contributed by atoms with van der Waals surface area (Å²) in [6.45, 7) is 6.79. The lowest BCUT2D eigenvalue weighted by molar-refractivity contribution is -0.143. The summed E-state index contributed by atoms with van der Waals surface area (Å²) in [7, 11) is 1.40. The minimum atomic E-state index is -0.227. The Morgan fingerprint density at radius 3 is 2.89 bits per heavy atom. The first kappa shape index (κ1) is 15.7. The van der Waals surface area contributed by atoms with Crippen LogP contribution in [0.15, 0.2) is 12.7 Å². The molecule has 19 heavy (non-hydrogen) atoms. The molecule has 1 N–H and O–H groups in total. The number of nitrogens with one attached hydrogen (secondary N) is 1. The van der Waals surface area contributed by atoms with Gasteiger partial charge in [0.25, 0.3) is 0 Å². The molecular weight excluding hydrogens is 244 g/mol. The zero-order chi connectivity index (χ0) is 14.3. The van der Waals surface area contributed by atoms with Crippen molar-refractivity contribution in [2.45, 2.75) is 44.7 Å². The second kappa shape index (κ2) is 7.94. The first-order chi connectivity index (χ1) is 9.10. The number of amides is 1. The van der Waals surface area contributed by atoms with Crippen molar-refractivity contribution in [3.8, 4) is 0 Å². The predicted molar refractivity (Wildman–Crippen MR) is 73.6 cm³/mol. The summed E-state index contributed by atoms with van der Waals surface area (Å²) < 4.78 is 4.73. The maximum atomic E-state index is 12.0. The van der Waals surface area contributed by atoms with Gasteiger partial charge in [-0.1, -0.05) is 12.5 Å². The highest BCUT2D eigenvalue weighted by Crippen LogP contribution is 2.22. The fourth-order valence-corrected chi connectivity index (χ4v) is 2.50. The topological polar surface area (TPSA) is 58.6 Å². The summed E-state index contributed by atoms with van der Waals surface area (Å²) in [6, 6.07) is -0.124. The average Bonchev–Trinajstić information content (AvgIpc) is 2.44. The Balaban J connectivity index is 2.61. The standard InChI is InChI=1S/C14H24N2O3/c1-4-8-15-14(18)11(2)16-9-6-5-7-12(16)10-13(17)19-3/h4,11-12H,1,5-10H2,2-3H3,(H,15,18). The van der Waals surface area contributed by atoms with Crippen molar-refractivity contribution in [1.82, 2.24) is 10.2 Å². The van der Waals surface area contributed by atoms with Crippen molar-refractivity contribution in [1.29, 1.82) is 0 Å². The van der Waals surface area contributed by atoms with Crippen LogP contribution in [0.2, 0.25) is 0 Å². The van der Waals surface area contributed by atoms with Crippen LogP contribution in [-0.2, 0) is 14.3 Å². The largest absolute Gasteiger partial charge is 0.469 e. The van der Waals surface area contributed by atoms with E-state index in [0.717, 1.165) is 25.8 Å². The van der Waals surface area contributed by atoms with Crippen molar-refractivity contribution in [3.05, 3.63) is 12.7 Å². The maximum absolute atomic E-state index is 12.0. The Kier molecular flexibility index (Phi) is 6.56. The van der Waals surface area contributed by atoms with E-state index in [2.05, 4.69) is 16.8 Å². The SMILES string of the molecule is C=CCNC(=O)C(C)N1CCCCC1CC(=O)OC. The lowest BCUT2D eigenvalue weighted by Crippen LogP contribution is -2.52. The highest BCUT2D eigenvalue weighted by molar-refractivity contribution is 5.81. The van der Waals surface area contributed by atoms with Crippen LogP contribution in [0.1, 0.15) is 32.6 Å². The second-order valence-corrected chi connectivity index (χ2v) is 4.88. The van der Waals surface area contributed by atoms with Crippen LogP contribution in [0.25, 0.3) is 0 Å². The highest BCUT2D eigenvalue weighted by atomic mass is 16.5.